The van der Waals surface area contributed by atoms with Gasteiger partial charge in [0.15, 0.2) is 11.5 Å². The molecule has 1 heterocycles. The lowest BCUT2D eigenvalue weighted by atomic mass is 10.1. The van der Waals surface area contributed by atoms with Gasteiger partial charge in [-0.15, -0.1) is 0 Å². The molecule has 1 N–H and O–H groups in total. The summed E-state index contributed by atoms with van der Waals surface area (Å²) in [6, 6.07) is 23.3. The first-order chi connectivity index (χ1) is 20.2. The zero-order valence-corrected chi connectivity index (χ0v) is 25.8. The van der Waals surface area contributed by atoms with Crippen molar-refractivity contribution in [3.63, 3.8) is 0 Å². The molecule has 0 aromatic heterocycles. The van der Waals surface area contributed by atoms with Gasteiger partial charge in [-0.25, -0.2) is 0 Å². The molecule has 7 nitrogen and oxygen atoms in total. The van der Waals surface area contributed by atoms with Crippen LogP contribution in [-0.4, -0.2) is 35.1 Å². The smallest absolute Gasteiger partial charge is 0.294 e. The maximum atomic E-state index is 13.1. The Hall–Kier alpha value is -4.08. The van der Waals surface area contributed by atoms with Crippen LogP contribution in [0.15, 0.2) is 82.2 Å². The topological polar surface area (TPSA) is 84.9 Å². The molecular weight excluding hydrogens is 616 g/mol. The largest absolute Gasteiger partial charge is 0.490 e. The molecule has 0 radical (unpaired) electrons. The second kappa shape index (κ2) is 12.8. The predicted molar refractivity (Wildman–Crippen MR) is 171 cm³/mol. The number of nitrogens with zero attached hydrogens (tertiary/aromatic N) is 1. The lowest BCUT2D eigenvalue weighted by Crippen LogP contribution is -2.36. The number of ether oxygens (including phenoxy) is 2. The van der Waals surface area contributed by atoms with E-state index in [1.807, 2.05) is 57.2 Å². The molecule has 214 valence electrons. The van der Waals surface area contributed by atoms with Gasteiger partial charge >= 0.3 is 0 Å². The van der Waals surface area contributed by atoms with Gasteiger partial charge in [-0.05, 0) is 95.9 Å². The number of nitrogens with one attached hydrogen (secondary N) is 1. The van der Waals surface area contributed by atoms with Gasteiger partial charge in [-0.1, -0.05) is 64.5 Å². The summed E-state index contributed by atoms with van der Waals surface area (Å²) in [6.07, 6.45) is 1.62. The van der Waals surface area contributed by atoms with E-state index in [1.165, 1.54) is 0 Å². The number of hydrogen-bond acceptors (Lipinski definition) is 6. The Kier molecular flexibility index (Phi) is 8.99. The molecule has 0 bridgehead atoms. The molecule has 1 aliphatic heterocycles. The summed E-state index contributed by atoms with van der Waals surface area (Å²) in [6.45, 7) is 6.20. The molecule has 0 aliphatic carbocycles. The van der Waals surface area contributed by atoms with Crippen molar-refractivity contribution in [2.24, 2.45) is 0 Å². The highest BCUT2D eigenvalue weighted by Gasteiger charge is 2.36. The van der Waals surface area contributed by atoms with E-state index in [-0.39, 0.29) is 11.4 Å². The van der Waals surface area contributed by atoms with Crippen molar-refractivity contribution in [3.05, 3.63) is 104 Å². The number of carbonyl (C=O) groups is 3. The van der Waals surface area contributed by atoms with Gasteiger partial charge in [0, 0.05) is 10.2 Å². The third-order valence-corrected chi connectivity index (χ3v) is 8.47. The first-order valence-corrected chi connectivity index (χ1v) is 15.0. The van der Waals surface area contributed by atoms with E-state index in [0.29, 0.717) is 40.4 Å². The fourth-order valence-corrected chi connectivity index (χ4v) is 5.82. The lowest BCUT2D eigenvalue weighted by Gasteiger charge is -2.15. The molecule has 1 fully saturated rings. The zero-order chi connectivity index (χ0) is 29.8. The van der Waals surface area contributed by atoms with E-state index >= 15 is 0 Å². The number of hydrogen-bond donors (Lipinski definition) is 1. The molecule has 1 saturated heterocycles. The monoisotopic (exact) mass is 644 g/mol. The van der Waals surface area contributed by atoms with Gasteiger partial charge in [0.25, 0.3) is 11.1 Å². The minimum Gasteiger partial charge on any atom is -0.490 e. The molecule has 0 saturated carbocycles. The minimum absolute atomic E-state index is 0.214. The van der Waals surface area contributed by atoms with Crippen molar-refractivity contribution >= 4 is 67.3 Å². The van der Waals surface area contributed by atoms with Crippen LogP contribution in [0.4, 0.5) is 10.5 Å². The summed E-state index contributed by atoms with van der Waals surface area (Å²) in [7, 11) is 0. The van der Waals surface area contributed by atoms with E-state index in [4.69, 9.17) is 9.47 Å². The fraction of sp³-hybridized carbons (Fsp3) is 0.182. The molecule has 5 rings (SSSR count). The van der Waals surface area contributed by atoms with Crippen molar-refractivity contribution < 1.29 is 23.9 Å². The number of anilines is 1. The molecule has 0 unspecified atom stereocenters. The molecule has 0 atom stereocenters. The van der Waals surface area contributed by atoms with E-state index in [1.54, 1.807) is 24.3 Å². The van der Waals surface area contributed by atoms with Crippen molar-refractivity contribution in [3.8, 4) is 11.5 Å². The van der Waals surface area contributed by atoms with Gasteiger partial charge in [0.2, 0.25) is 5.91 Å². The van der Waals surface area contributed by atoms with Gasteiger partial charge in [0.1, 0.15) is 13.2 Å². The van der Waals surface area contributed by atoms with Crippen LogP contribution in [0, 0.1) is 13.8 Å². The summed E-state index contributed by atoms with van der Waals surface area (Å²) >= 11 is 4.38. The normalized spacial score (nSPS) is 14.1. The van der Waals surface area contributed by atoms with Crippen LogP contribution >= 0.6 is 27.7 Å². The van der Waals surface area contributed by atoms with Crippen LogP contribution in [0.3, 0.4) is 0 Å². The van der Waals surface area contributed by atoms with Crippen molar-refractivity contribution in [1.29, 1.82) is 0 Å². The number of amides is 3. The SMILES string of the molecule is CCOc1cc(/C=C2/SC(=O)N(CC(=O)Nc3ccc(C)c(C)c3)C2=O)c(Br)cc1OCc1cccc2ccccc12. The van der Waals surface area contributed by atoms with Crippen LogP contribution in [-0.2, 0) is 16.2 Å². The minimum atomic E-state index is -0.527. The number of imide groups is 1. The molecular formula is C33H29BrN2O5S. The second-order valence-electron chi connectivity index (χ2n) is 9.80. The summed E-state index contributed by atoms with van der Waals surface area (Å²) in [5.41, 5.74) is 4.43. The molecule has 4 aromatic carbocycles. The third kappa shape index (κ3) is 6.53. The number of halogens is 1. The maximum Gasteiger partial charge on any atom is 0.294 e. The summed E-state index contributed by atoms with van der Waals surface area (Å²) in [5.74, 6) is 0.0832. The summed E-state index contributed by atoms with van der Waals surface area (Å²) in [5, 5.41) is 4.51. The Bertz CT molecular complexity index is 1730. The van der Waals surface area contributed by atoms with Crippen LogP contribution in [0.25, 0.3) is 16.8 Å². The first kappa shape index (κ1) is 29.4. The van der Waals surface area contributed by atoms with E-state index < -0.39 is 17.1 Å². The number of thioether (sulfide) groups is 1. The van der Waals surface area contributed by atoms with Gasteiger partial charge in [-0.3, -0.25) is 19.3 Å². The molecule has 1 aliphatic rings. The van der Waals surface area contributed by atoms with E-state index in [2.05, 4.69) is 39.4 Å². The average Bonchev–Trinajstić information content (AvgIpc) is 3.23. The molecule has 42 heavy (non-hydrogen) atoms. The quantitative estimate of drug-likeness (QED) is 0.187. The Morgan fingerprint density at radius 1 is 0.952 bits per heavy atom. The number of carbonyl (C=O) groups excluding carboxylic acids is 3. The van der Waals surface area contributed by atoms with Crippen molar-refractivity contribution in [1.82, 2.24) is 4.90 Å². The molecule has 9 heteroatoms. The van der Waals surface area contributed by atoms with Crippen molar-refractivity contribution in [2.45, 2.75) is 27.4 Å². The molecule has 4 aromatic rings. The Morgan fingerprint density at radius 2 is 1.71 bits per heavy atom. The number of fused-ring (bicyclic) bond motifs is 1. The highest BCUT2D eigenvalue weighted by Crippen LogP contribution is 2.38. The van der Waals surface area contributed by atoms with Crippen LogP contribution in [0.1, 0.15) is 29.2 Å². The number of benzene rings is 4. The van der Waals surface area contributed by atoms with Gasteiger partial charge < -0.3 is 14.8 Å². The second-order valence-corrected chi connectivity index (χ2v) is 11.6. The summed E-state index contributed by atoms with van der Waals surface area (Å²) < 4.78 is 12.7. The summed E-state index contributed by atoms with van der Waals surface area (Å²) in [4.78, 5) is 39.6. The third-order valence-electron chi connectivity index (χ3n) is 6.88. The van der Waals surface area contributed by atoms with Crippen molar-refractivity contribution in [2.75, 3.05) is 18.5 Å². The molecule has 3 amide bonds. The zero-order valence-electron chi connectivity index (χ0n) is 23.4. The van der Waals surface area contributed by atoms with E-state index in [9.17, 15) is 14.4 Å². The standard InChI is InChI=1S/C33H29BrN2O5S/c1-4-40-28-15-24(27(34)17-29(28)41-19-23-10-7-9-22-8-5-6-11-26(22)23)16-30-32(38)36(33(39)42-30)18-31(37)35-25-13-12-20(2)21(3)14-25/h5-17H,4,18-19H2,1-3H3,(H,35,37)/b30-16+. The Morgan fingerprint density at radius 3 is 2.50 bits per heavy atom. The number of aryl methyl sites for hydroxylation is 2. The maximum absolute atomic E-state index is 13.1. The lowest BCUT2D eigenvalue weighted by molar-refractivity contribution is -0.127. The highest BCUT2D eigenvalue weighted by molar-refractivity contribution is 9.10. The van der Waals surface area contributed by atoms with Crippen LogP contribution < -0.4 is 14.8 Å². The Labute approximate surface area is 257 Å². The fourth-order valence-electron chi connectivity index (χ4n) is 4.56. The van der Waals surface area contributed by atoms with Crippen LogP contribution in [0.5, 0.6) is 11.5 Å². The van der Waals surface area contributed by atoms with Gasteiger partial charge in [0.05, 0.1) is 11.5 Å². The first-order valence-electron chi connectivity index (χ1n) is 13.4. The Balaban J connectivity index is 1.32. The van der Waals surface area contributed by atoms with E-state index in [0.717, 1.165) is 44.1 Å². The predicted octanol–water partition coefficient (Wildman–Crippen LogP) is 7.87. The van der Waals surface area contributed by atoms with Gasteiger partial charge in [-0.2, -0.15) is 0 Å². The number of rotatable bonds is 9. The highest BCUT2D eigenvalue weighted by atomic mass is 79.9. The average molecular weight is 646 g/mol. The molecule has 0 spiro atoms. The van der Waals surface area contributed by atoms with Crippen LogP contribution in [0.2, 0.25) is 0 Å².